The third-order valence-electron chi connectivity index (χ3n) is 2.97. The Morgan fingerprint density at radius 3 is 3.00 bits per heavy atom. The Morgan fingerprint density at radius 1 is 1.39 bits per heavy atom. The van der Waals surface area contributed by atoms with Gasteiger partial charge in [-0.05, 0) is 38.6 Å². The highest BCUT2D eigenvalue weighted by Crippen LogP contribution is 2.11. The minimum absolute atomic E-state index is 0.113. The van der Waals surface area contributed by atoms with Crippen LogP contribution in [0, 0.1) is 0 Å². The molecular formula is C13H26N2O3. The molecule has 1 aliphatic rings. The van der Waals surface area contributed by atoms with Gasteiger partial charge in [0.1, 0.15) is 0 Å². The highest BCUT2D eigenvalue weighted by atomic mass is 16.5. The lowest BCUT2D eigenvalue weighted by Crippen LogP contribution is -2.25. The van der Waals surface area contributed by atoms with Crippen LogP contribution in [0.3, 0.4) is 0 Å². The molecule has 5 heteroatoms. The highest BCUT2D eigenvalue weighted by Gasteiger charge is 2.14. The van der Waals surface area contributed by atoms with Crippen LogP contribution < -0.4 is 11.1 Å². The van der Waals surface area contributed by atoms with Gasteiger partial charge in [0.25, 0.3) is 0 Å². The van der Waals surface area contributed by atoms with Gasteiger partial charge in [-0.1, -0.05) is 0 Å². The Morgan fingerprint density at radius 2 is 2.28 bits per heavy atom. The summed E-state index contributed by atoms with van der Waals surface area (Å²) in [6.07, 6.45) is 5.76. The van der Waals surface area contributed by atoms with Crippen molar-refractivity contribution in [2.45, 2.75) is 44.6 Å². The van der Waals surface area contributed by atoms with E-state index in [2.05, 4.69) is 5.32 Å². The van der Waals surface area contributed by atoms with Crippen molar-refractivity contribution in [2.75, 3.05) is 32.9 Å². The van der Waals surface area contributed by atoms with Crippen molar-refractivity contribution in [3.63, 3.8) is 0 Å². The molecule has 106 valence electrons. The van der Waals surface area contributed by atoms with E-state index in [1.54, 1.807) is 0 Å². The molecule has 1 unspecified atom stereocenters. The van der Waals surface area contributed by atoms with Gasteiger partial charge in [-0.3, -0.25) is 4.79 Å². The molecule has 1 aliphatic heterocycles. The number of nitrogens with one attached hydrogen (secondary N) is 1. The van der Waals surface area contributed by atoms with Crippen LogP contribution >= 0.6 is 0 Å². The third-order valence-corrected chi connectivity index (χ3v) is 2.97. The first kappa shape index (κ1) is 15.4. The Kier molecular flexibility index (Phi) is 8.81. The summed E-state index contributed by atoms with van der Waals surface area (Å²) < 4.78 is 11.0. The Balaban J connectivity index is 1.81. The molecule has 1 amide bonds. The van der Waals surface area contributed by atoms with Crippen molar-refractivity contribution in [1.29, 1.82) is 0 Å². The first-order valence-electron chi connectivity index (χ1n) is 6.99. The molecule has 1 heterocycles. The SMILES string of the molecule is NCCCCC(=O)NCCCOCC1CCCO1. The van der Waals surface area contributed by atoms with Gasteiger partial charge in [0.2, 0.25) is 5.91 Å². The van der Waals surface area contributed by atoms with Gasteiger partial charge in [0, 0.05) is 26.2 Å². The fraction of sp³-hybridized carbons (Fsp3) is 0.923. The van der Waals surface area contributed by atoms with Gasteiger partial charge >= 0.3 is 0 Å². The lowest BCUT2D eigenvalue weighted by molar-refractivity contribution is -0.121. The van der Waals surface area contributed by atoms with Crippen molar-refractivity contribution < 1.29 is 14.3 Å². The van der Waals surface area contributed by atoms with Gasteiger partial charge < -0.3 is 20.5 Å². The second kappa shape index (κ2) is 10.3. The molecule has 0 saturated carbocycles. The van der Waals surface area contributed by atoms with Crippen LogP contribution in [0.4, 0.5) is 0 Å². The zero-order valence-corrected chi connectivity index (χ0v) is 11.2. The van der Waals surface area contributed by atoms with Gasteiger partial charge in [0.05, 0.1) is 12.7 Å². The lowest BCUT2D eigenvalue weighted by atomic mass is 10.2. The second-order valence-electron chi connectivity index (χ2n) is 4.66. The van der Waals surface area contributed by atoms with Gasteiger partial charge in [-0.15, -0.1) is 0 Å². The maximum atomic E-state index is 11.3. The number of rotatable bonds is 10. The number of carbonyl (C=O) groups is 1. The van der Waals surface area contributed by atoms with E-state index in [9.17, 15) is 4.79 Å². The van der Waals surface area contributed by atoms with Crippen LogP contribution in [0.1, 0.15) is 38.5 Å². The summed E-state index contributed by atoms with van der Waals surface area (Å²) in [6.45, 7) is 3.58. The van der Waals surface area contributed by atoms with Gasteiger partial charge in [-0.25, -0.2) is 0 Å². The van der Waals surface area contributed by atoms with Crippen molar-refractivity contribution >= 4 is 5.91 Å². The number of unbranched alkanes of at least 4 members (excludes halogenated alkanes) is 1. The number of amides is 1. The van der Waals surface area contributed by atoms with E-state index in [1.165, 1.54) is 0 Å². The van der Waals surface area contributed by atoms with Crippen molar-refractivity contribution in [2.24, 2.45) is 5.73 Å². The predicted octanol–water partition coefficient (Wildman–Crippen LogP) is 0.817. The maximum absolute atomic E-state index is 11.3. The lowest BCUT2D eigenvalue weighted by Gasteiger charge is -2.10. The van der Waals surface area contributed by atoms with Crippen LogP contribution in [0.5, 0.6) is 0 Å². The standard InChI is InChI=1S/C13H26N2O3/c14-7-2-1-6-13(16)15-8-4-9-17-11-12-5-3-10-18-12/h12H,1-11,14H2,(H,15,16). The number of nitrogens with two attached hydrogens (primary N) is 1. The smallest absolute Gasteiger partial charge is 0.219 e. The predicted molar refractivity (Wildman–Crippen MR) is 70.3 cm³/mol. The summed E-state index contributed by atoms with van der Waals surface area (Å²) in [6, 6.07) is 0. The van der Waals surface area contributed by atoms with E-state index in [0.717, 1.165) is 38.7 Å². The average Bonchev–Trinajstić information content (AvgIpc) is 2.87. The van der Waals surface area contributed by atoms with E-state index >= 15 is 0 Å². The van der Waals surface area contributed by atoms with Crippen molar-refractivity contribution in [3.05, 3.63) is 0 Å². The molecule has 3 N–H and O–H groups in total. The zero-order chi connectivity index (χ0) is 13.1. The van der Waals surface area contributed by atoms with Gasteiger partial charge in [0.15, 0.2) is 0 Å². The minimum Gasteiger partial charge on any atom is -0.379 e. The van der Waals surface area contributed by atoms with Crippen LogP contribution in [0.15, 0.2) is 0 Å². The monoisotopic (exact) mass is 258 g/mol. The summed E-state index contributed by atoms with van der Waals surface area (Å²) >= 11 is 0. The second-order valence-corrected chi connectivity index (χ2v) is 4.66. The Bertz CT molecular complexity index is 218. The van der Waals surface area contributed by atoms with Crippen LogP contribution in [-0.4, -0.2) is 44.9 Å². The topological polar surface area (TPSA) is 73.6 Å². The minimum atomic E-state index is 0.113. The fourth-order valence-corrected chi connectivity index (χ4v) is 1.91. The van der Waals surface area contributed by atoms with Gasteiger partial charge in [-0.2, -0.15) is 0 Å². The molecule has 0 aromatic heterocycles. The van der Waals surface area contributed by atoms with Crippen LogP contribution in [0.2, 0.25) is 0 Å². The van der Waals surface area contributed by atoms with E-state index in [4.69, 9.17) is 15.2 Å². The number of hydrogen-bond acceptors (Lipinski definition) is 4. The van der Waals surface area contributed by atoms with E-state index < -0.39 is 0 Å². The molecule has 1 saturated heterocycles. The van der Waals surface area contributed by atoms with E-state index in [1.807, 2.05) is 0 Å². The van der Waals surface area contributed by atoms with Crippen molar-refractivity contribution in [1.82, 2.24) is 5.32 Å². The normalized spacial score (nSPS) is 19.1. The summed E-state index contributed by atoms with van der Waals surface area (Å²) in [4.78, 5) is 11.3. The quantitative estimate of drug-likeness (QED) is 0.569. The molecule has 1 rings (SSSR count). The molecule has 0 radical (unpaired) electrons. The van der Waals surface area contributed by atoms with E-state index in [0.29, 0.717) is 32.7 Å². The molecule has 18 heavy (non-hydrogen) atoms. The summed E-state index contributed by atoms with van der Waals surface area (Å²) in [5, 5.41) is 2.88. The maximum Gasteiger partial charge on any atom is 0.219 e. The number of ether oxygens (including phenoxy) is 2. The van der Waals surface area contributed by atoms with Crippen LogP contribution in [-0.2, 0) is 14.3 Å². The van der Waals surface area contributed by atoms with Crippen LogP contribution in [0.25, 0.3) is 0 Å². The van der Waals surface area contributed by atoms with E-state index in [-0.39, 0.29) is 12.0 Å². The molecule has 0 aromatic rings. The largest absolute Gasteiger partial charge is 0.379 e. The Hall–Kier alpha value is -0.650. The molecule has 5 nitrogen and oxygen atoms in total. The third kappa shape index (κ3) is 7.63. The molecule has 0 aromatic carbocycles. The number of carbonyl (C=O) groups excluding carboxylic acids is 1. The molecule has 0 aliphatic carbocycles. The Labute approximate surface area is 109 Å². The molecule has 0 spiro atoms. The molecule has 1 fully saturated rings. The zero-order valence-electron chi connectivity index (χ0n) is 11.2. The summed E-state index contributed by atoms with van der Waals surface area (Å²) in [7, 11) is 0. The first-order valence-corrected chi connectivity index (χ1v) is 6.99. The summed E-state index contributed by atoms with van der Waals surface area (Å²) in [5.41, 5.74) is 5.36. The number of hydrogen-bond donors (Lipinski definition) is 2. The van der Waals surface area contributed by atoms with Crippen molar-refractivity contribution in [3.8, 4) is 0 Å². The molecule has 0 bridgehead atoms. The fourth-order valence-electron chi connectivity index (χ4n) is 1.91. The average molecular weight is 258 g/mol. The molecular weight excluding hydrogens is 232 g/mol. The summed E-state index contributed by atoms with van der Waals surface area (Å²) in [5.74, 6) is 0.113. The highest BCUT2D eigenvalue weighted by molar-refractivity contribution is 5.75. The molecule has 1 atom stereocenters. The first-order chi connectivity index (χ1) is 8.83.